The van der Waals surface area contributed by atoms with Crippen molar-refractivity contribution in [3.63, 3.8) is 0 Å². The molecule has 0 radical (unpaired) electrons. The minimum atomic E-state index is -3.90. The molecule has 2 aromatic rings. The Morgan fingerprint density at radius 2 is 1.73 bits per heavy atom. The Labute approximate surface area is 329 Å². The minimum absolute atomic E-state index is 0.0465. The molecule has 4 atom stereocenters. The number of β-amino-alcohol motifs (C(OH)–C–C–N with tert-alkyl or cyclic N) is 1. The Hall–Kier alpha value is -3.59. The zero-order valence-electron chi connectivity index (χ0n) is 32.5. The highest BCUT2D eigenvalue weighted by Gasteiger charge is 2.54. The Bertz CT molecular complexity index is 1860. The third-order valence-corrected chi connectivity index (χ3v) is 15.6. The number of aliphatic hydroxyl groups is 1. The maximum Gasteiger partial charge on any atom is 0.407 e. The van der Waals surface area contributed by atoms with Crippen LogP contribution in [-0.2, 0) is 24.8 Å². The number of carbonyl (C=O) groups excluding carboxylic acids is 2. The fraction of sp³-hybridized carbons (Fsp3) is 0.619. The molecule has 5 aliphatic rings. The highest BCUT2D eigenvalue weighted by Crippen LogP contribution is 2.51. The number of carbonyl (C=O) groups is 2. The lowest BCUT2D eigenvalue weighted by Gasteiger charge is -2.54. The summed E-state index contributed by atoms with van der Waals surface area (Å²) in [6.45, 7) is 9.15. The van der Waals surface area contributed by atoms with E-state index in [4.69, 9.17) is 4.74 Å². The van der Waals surface area contributed by atoms with Gasteiger partial charge in [0.1, 0.15) is 17.2 Å². The Balaban J connectivity index is 1.02. The van der Waals surface area contributed by atoms with Gasteiger partial charge in [0.05, 0.1) is 22.9 Å². The van der Waals surface area contributed by atoms with Gasteiger partial charge in [-0.15, -0.1) is 0 Å². The van der Waals surface area contributed by atoms with Crippen LogP contribution in [0.3, 0.4) is 0 Å². The van der Waals surface area contributed by atoms with Gasteiger partial charge in [0.25, 0.3) is 0 Å². The van der Waals surface area contributed by atoms with E-state index in [0.717, 1.165) is 82.9 Å². The Morgan fingerprint density at radius 3 is 2.39 bits per heavy atom. The van der Waals surface area contributed by atoms with Crippen molar-refractivity contribution in [2.24, 2.45) is 11.8 Å². The average Bonchev–Trinajstić information content (AvgIpc) is 3.46. The Kier molecular flexibility index (Phi) is 12.1. The lowest BCUT2D eigenvalue weighted by molar-refractivity contribution is -0.125. The van der Waals surface area contributed by atoms with Crippen LogP contribution < -0.4 is 10.2 Å². The van der Waals surface area contributed by atoms with E-state index in [0.29, 0.717) is 32.4 Å². The summed E-state index contributed by atoms with van der Waals surface area (Å²) in [5.74, 6) is -0.921. The van der Waals surface area contributed by atoms with E-state index in [-0.39, 0.29) is 59.8 Å². The lowest BCUT2D eigenvalue weighted by Crippen LogP contribution is -2.67. The number of anilines is 1. The quantitative estimate of drug-likeness (QED) is 0.294. The number of likely N-dealkylation sites (tertiary alicyclic amines) is 3. The first-order valence-electron chi connectivity index (χ1n) is 20.3. The summed E-state index contributed by atoms with van der Waals surface area (Å²) in [5, 5.41) is 13.9. The first-order valence-corrected chi connectivity index (χ1v) is 21.9. The number of hydrogen-bond acceptors (Lipinski definition) is 9. The van der Waals surface area contributed by atoms with Gasteiger partial charge >= 0.3 is 6.09 Å². The number of nitrogens with one attached hydrogen (secondary N) is 1. The van der Waals surface area contributed by atoms with Gasteiger partial charge in [-0.2, -0.15) is 0 Å². The van der Waals surface area contributed by atoms with Crippen LogP contribution in [0.4, 0.5) is 19.3 Å². The summed E-state index contributed by atoms with van der Waals surface area (Å²) in [7, 11) is -2.52. The molecule has 4 saturated heterocycles. The predicted molar refractivity (Wildman–Crippen MR) is 210 cm³/mol. The number of halogens is 2. The van der Waals surface area contributed by atoms with E-state index in [1.54, 1.807) is 17.0 Å². The molecule has 14 heteroatoms. The van der Waals surface area contributed by atoms with E-state index in [2.05, 4.69) is 27.8 Å². The number of benzene rings is 2. The fourth-order valence-electron chi connectivity index (χ4n) is 10.5. The van der Waals surface area contributed by atoms with Gasteiger partial charge in [-0.3, -0.25) is 4.79 Å². The molecule has 4 heterocycles. The summed E-state index contributed by atoms with van der Waals surface area (Å²) < 4.78 is 62.9. The van der Waals surface area contributed by atoms with Crippen LogP contribution in [0.1, 0.15) is 63.4 Å². The monoisotopic (exact) mass is 797 g/mol. The molecule has 2 N–H and O–H groups in total. The van der Waals surface area contributed by atoms with Crippen molar-refractivity contribution >= 4 is 27.5 Å². The molecule has 1 unspecified atom stereocenters. The SMILES string of the molecule is C=CC(=O)N1CCCC[C@@H](S(=O)(=O)c2ccc(N3CC(O)(CN4CCC(C(CN5CCC5)(c5cccc(F)c5)[C@H]5CCC[C@@H]5NC(=O)OC)CC4)C3)c(F)c2)C1. The molecular weight excluding hydrogens is 741 g/mol. The minimum Gasteiger partial charge on any atom is -0.453 e. The molecule has 56 heavy (non-hydrogen) atoms. The number of methoxy groups -OCH3 is 1. The van der Waals surface area contributed by atoms with Crippen molar-refractivity contribution in [2.75, 3.05) is 77.5 Å². The van der Waals surface area contributed by atoms with E-state index < -0.39 is 38.0 Å². The van der Waals surface area contributed by atoms with Gasteiger partial charge in [-0.25, -0.2) is 22.0 Å². The van der Waals surface area contributed by atoms with Crippen LogP contribution in [0.25, 0.3) is 0 Å². The highest BCUT2D eigenvalue weighted by atomic mass is 32.2. The van der Waals surface area contributed by atoms with Gasteiger partial charge in [0.15, 0.2) is 9.84 Å². The normalized spacial score (nSPS) is 26.0. The molecule has 2 amide bonds. The van der Waals surface area contributed by atoms with Crippen molar-refractivity contribution < 1.29 is 36.6 Å². The second kappa shape index (κ2) is 16.7. The first-order chi connectivity index (χ1) is 26.8. The molecule has 5 fully saturated rings. The number of hydrogen-bond donors (Lipinski definition) is 2. The van der Waals surface area contributed by atoms with Crippen LogP contribution in [0.15, 0.2) is 60.0 Å². The number of sulfone groups is 1. The van der Waals surface area contributed by atoms with Crippen LogP contribution in [0, 0.1) is 23.5 Å². The zero-order valence-corrected chi connectivity index (χ0v) is 33.3. The summed E-state index contributed by atoms with van der Waals surface area (Å²) in [6.07, 6.45) is 8.04. The molecule has 4 aliphatic heterocycles. The zero-order chi connectivity index (χ0) is 39.7. The van der Waals surface area contributed by atoms with Gasteiger partial charge in [-0.05, 0) is 125 Å². The van der Waals surface area contributed by atoms with Crippen LogP contribution in [0.2, 0.25) is 0 Å². The summed E-state index contributed by atoms with van der Waals surface area (Å²) in [6, 6.07) is 10.9. The Morgan fingerprint density at radius 1 is 0.964 bits per heavy atom. The fourth-order valence-corrected chi connectivity index (χ4v) is 12.3. The molecule has 306 valence electrons. The predicted octanol–water partition coefficient (Wildman–Crippen LogP) is 4.74. The summed E-state index contributed by atoms with van der Waals surface area (Å²) in [5.41, 5.74) is -0.227. The molecule has 0 bridgehead atoms. The molecule has 0 aromatic heterocycles. The van der Waals surface area contributed by atoms with Gasteiger partial charge in [-0.1, -0.05) is 31.6 Å². The number of piperidine rings is 1. The highest BCUT2D eigenvalue weighted by molar-refractivity contribution is 7.92. The summed E-state index contributed by atoms with van der Waals surface area (Å²) >= 11 is 0. The smallest absolute Gasteiger partial charge is 0.407 e. The van der Waals surface area contributed by atoms with E-state index in [1.165, 1.54) is 36.3 Å². The second-order valence-electron chi connectivity index (χ2n) is 16.9. The van der Waals surface area contributed by atoms with E-state index >= 15 is 8.78 Å². The first kappa shape index (κ1) is 40.6. The lowest BCUT2D eigenvalue weighted by atomic mass is 9.57. The third-order valence-electron chi connectivity index (χ3n) is 13.4. The van der Waals surface area contributed by atoms with Crippen molar-refractivity contribution in [1.82, 2.24) is 20.0 Å². The van der Waals surface area contributed by atoms with Crippen molar-refractivity contribution in [1.29, 1.82) is 0 Å². The van der Waals surface area contributed by atoms with Crippen LogP contribution in [0.5, 0.6) is 0 Å². The van der Waals surface area contributed by atoms with E-state index in [1.807, 2.05) is 0 Å². The van der Waals surface area contributed by atoms with Gasteiger partial charge < -0.3 is 34.8 Å². The standard InChI is InChI=1S/C42H57F2N5O6S/c1-3-39(50)48-20-5-4-11-34(25-48)56(53,54)33-14-15-38(36(44)24-33)49-27-41(52,28-49)26-47-21-16-30(17-22-47)42(29-46-18-8-19-46,31-9-6-10-32(43)23-31)35-12-7-13-37(35)45-40(51)55-2/h3,6,9-10,14-15,23-24,30,34-35,37,52H,1,4-5,7-8,11-13,16-22,25-29H2,2H3,(H,45,51)/t34-,35+,37+,42?/m1/s1. The van der Waals surface area contributed by atoms with Gasteiger partial charge in [0, 0.05) is 50.7 Å². The number of amides is 2. The summed E-state index contributed by atoms with van der Waals surface area (Å²) in [4.78, 5) is 32.7. The van der Waals surface area contributed by atoms with Crippen molar-refractivity contribution in [3.8, 4) is 0 Å². The molecule has 2 aromatic carbocycles. The largest absolute Gasteiger partial charge is 0.453 e. The molecule has 1 aliphatic carbocycles. The van der Waals surface area contributed by atoms with Crippen LogP contribution in [-0.4, -0.2) is 130 Å². The number of rotatable bonds is 12. The average molecular weight is 798 g/mol. The molecular formula is C42H57F2N5O6S. The number of alkyl carbamates (subject to hydrolysis) is 1. The topological polar surface area (TPSA) is 123 Å². The molecule has 11 nitrogen and oxygen atoms in total. The van der Waals surface area contributed by atoms with Crippen molar-refractivity contribution in [2.45, 2.75) is 85.0 Å². The molecule has 1 saturated carbocycles. The van der Waals surface area contributed by atoms with Gasteiger partial charge in [0.2, 0.25) is 5.91 Å². The number of ether oxygens (including phenoxy) is 1. The maximum atomic E-state index is 15.6. The molecule has 7 rings (SSSR count). The third kappa shape index (κ3) is 8.21. The van der Waals surface area contributed by atoms with Crippen LogP contribution >= 0.6 is 0 Å². The number of nitrogens with zero attached hydrogens (tertiary/aromatic N) is 4. The maximum absolute atomic E-state index is 15.6. The van der Waals surface area contributed by atoms with Crippen molar-refractivity contribution in [3.05, 3.63) is 72.3 Å². The second-order valence-corrected chi connectivity index (χ2v) is 19.1. The molecule has 0 spiro atoms. The van der Waals surface area contributed by atoms with E-state index in [9.17, 15) is 23.1 Å².